The first kappa shape index (κ1) is 11.4. The van der Waals surface area contributed by atoms with Crippen LogP contribution in [0.1, 0.15) is 12.5 Å². The number of hydrogen-bond donors (Lipinski definition) is 2. The highest BCUT2D eigenvalue weighted by Crippen LogP contribution is 2.17. The van der Waals surface area contributed by atoms with E-state index in [2.05, 4.69) is 38.5 Å². The van der Waals surface area contributed by atoms with E-state index in [1.807, 2.05) is 0 Å². The summed E-state index contributed by atoms with van der Waals surface area (Å²) in [7, 11) is 0. The van der Waals surface area contributed by atoms with Crippen LogP contribution in [-0.2, 0) is 6.54 Å². The molecule has 16 heavy (non-hydrogen) atoms. The van der Waals surface area contributed by atoms with Crippen molar-refractivity contribution in [3.05, 3.63) is 34.1 Å². The van der Waals surface area contributed by atoms with E-state index in [4.69, 9.17) is 0 Å². The van der Waals surface area contributed by atoms with E-state index in [9.17, 15) is 4.39 Å². The number of benzene rings is 1. The van der Waals surface area contributed by atoms with Crippen LogP contribution in [0.5, 0.6) is 0 Å². The van der Waals surface area contributed by atoms with Crippen molar-refractivity contribution in [1.82, 2.24) is 10.6 Å². The summed E-state index contributed by atoms with van der Waals surface area (Å²) < 4.78 is 13.6. The van der Waals surface area contributed by atoms with E-state index >= 15 is 0 Å². The van der Waals surface area contributed by atoms with Gasteiger partial charge < -0.3 is 10.6 Å². The molecule has 0 radical (unpaired) electrons. The fourth-order valence-electron chi connectivity index (χ4n) is 1.50. The monoisotopic (exact) mass is 285 g/mol. The van der Waals surface area contributed by atoms with Gasteiger partial charge in [0.2, 0.25) is 0 Å². The standard InChI is InChI=1S/C11H13BrFN3/c1-7-5-14-11(16-7)15-6-8-2-3-9(13)4-10(8)12/h2-4,7H,5-6H2,1H3,(H2,14,15,16). The number of hydrogen-bond acceptors (Lipinski definition) is 3. The summed E-state index contributed by atoms with van der Waals surface area (Å²) in [6.07, 6.45) is 0. The number of aliphatic imine (C=N–C) groups is 1. The molecule has 3 nitrogen and oxygen atoms in total. The van der Waals surface area contributed by atoms with E-state index < -0.39 is 0 Å². The summed E-state index contributed by atoms with van der Waals surface area (Å²) in [5, 5.41) is 6.38. The van der Waals surface area contributed by atoms with Crippen molar-refractivity contribution >= 4 is 21.9 Å². The summed E-state index contributed by atoms with van der Waals surface area (Å²) in [5.41, 5.74) is 1.01. The molecule has 0 amide bonds. The Morgan fingerprint density at radius 2 is 2.44 bits per heavy atom. The Labute approximate surface area is 102 Å². The molecule has 0 bridgehead atoms. The van der Waals surface area contributed by atoms with Gasteiger partial charge >= 0.3 is 0 Å². The molecule has 2 N–H and O–H groups in total. The minimum atomic E-state index is -0.236. The molecule has 0 aromatic heterocycles. The zero-order chi connectivity index (χ0) is 11.5. The van der Waals surface area contributed by atoms with Crippen molar-refractivity contribution in [3.63, 3.8) is 0 Å². The maximum absolute atomic E-state index is 12.9. The van der Waals surface area contributed by atoms with Crippen LogP contribution in [0.3, 0.4) is 0 Å². The Hall–Kier alpha value is -1.10. The van der Waals surface area contributed by atoms with Crippen LogP contribution in [-0.4, -0.2) is 18.5 Å². The highest BCUT2D eigenvalue weighted by Gasteiger charge is 2.12. The molecule has 1 aromatic rings. The van der Waals surface area contributed by atoms with Gasteiger partial charge in [-0.2, -0.15) is 0 Å². The lowest BCUT2D eigenvalue weighted by Crippen LogP contribution is -2.37. The van der Waals surface area contributed by atoms with Crippen molar-refractivity contribution in [2.45, 2.75) is 19.5 Å². The molecule has 0 aliphatic carbocycles. The van der Waals surface area contributed by atoms with Crippen LogP contribution in [0.2, 0.25) is 0 Å². The first-order chi connectivity index (χ1) is 7.65. The van der Waals surface area contributed by atoms with E-state index in [-0.39, 0.29) is 5.82 Å². The second-order valence-corrected chi connectivity index (χ2v) is 4.68. The summed E-state index contributed by atoms with van der Waals surface area (Å²) in [6, 6.07) is 5.06. The molecule has 0 fully saturated rings. The fraction of sp³-hybridized carbons (Fsp3) is 0.364. The zero-order valence-corrected chi connectivity index (χ0v) is 10.5. The smallest absolute Gasteiger partial charge is 0.191 e. The number of rotatable bonds is 2. The van der Waals surface area contributed by atoms with E-state index in [1.165, 1.54) is 12.1 Å². The van der Waals surface area contributed by atoms with Crippen molar-refractivity contribution in [1.29, 1.82) is 0 Å². The lowest BCUT2D eigenvalue weighted by atomic mass is 10.2. The molecule has 1 aromatic carbocycles. The topological polar surface area (TPSA) is 36.4 Å². The minimum Gasteiger partial charge on any atom is -0.352 e. The molecule has 1 aliphatic rings. The van der Waals surface area contributed by atoms with Crippen LogP contribution in [0.4, 0.5) is 4.39 Å². The number of halogens is 2. The third kappa shape index (κ3) is 2.72. The number of nitrogens with zero attached hydrogens (tertiary/aromatic N) is 1. The molecule has 0 saturated carbocycles. The van der Waals surface area contributed by atoms with E-state index in [0.29, 0.717) is 12.6 Å². The second kappa shape index (κ2) is 4.82. The lowest BCUT2D eigenvalue weighted by molar-refractivity contribution is 0.625. The maximum Gasteiger partial charge on any atom is 0.191 e. The Bertz CT molecular complexity index is 420. The highest BCUT2D eigenvalue weighted by molar-refractivity contribution is 9.10. The molecule has 1 atom stereocenters. The molecule has 1 unspecified atom stereocenters. The van der Waals surface area contributed by atoms with Crippen molar-refractivity contribution in [2.75, 3.05) is 6.54 Å². The van der Waals surface area contributed by atoms with E-state index in [1.54, 1.807) is 6.07 Å². The average molecular weight is 286 g/mol. The van der Waals surface area contributed by atoms with Crippen LogP contribution >= 0.6 is 15.9 Å². The molecule has 5 heteroatoms. The van der Waals surface area contributed by atoms with Gasteiger partial charge in [-0.05, 0) is 24.6 Å². The highest BCUT2D eigenvalue weighted by atomic mass is 79.9. The molecule has 1 heterocycles. The van der Waals surface area contributed by atoms with Crippen molar-refractivity contribution in [2.24, 2.45) is 4.99 Å². The molecule has 2 rings (SSSR count). The van der Waals surface area contributed by atoms with Gasteiger partial charge in [-0.25, -0.2) is 4.39 Å². The zero-order valence-electron chi connectivity index (χ0n) is 8.93. The van der Waals surface area contributed by atoms with E-state index in [0.717, 1.165) is 22.5 Å². The Kier molecular flexibility index (Phi) is 3.43. The minimum absolute atomic E-state index is 0.236. The molecule has 86 valence electrons. The van der Waals surface area contributed by atoms with Gasteiger partial charge in [-0.3, -0.25) is 4.99 Å². The molecule has 0 spiro atoms. The Balaban J connectivity index is 1.95. The molecular weight excluding hydrogens is 273 g/mol. The van der Waals surface area contributed by atoms with Gasteiger partial charge in [0.1, 0.15) is 5.82 Å². The third-order valence-electron chi connectivity index (χ3n) is 2.37. The average Bonchev–Trinajstić information content (AvgIpc) is 2.63. The van der Waals surface area contributed by atoms with Crippen LogP contribution in [0.15, 0.2) is 27.7 Å². The third-order valence-corrected chi connectivity index (χ3v) is 3.11. The SMILES string of the molecule is CC1CN=C(NCc2ccc(F)cc2Br)N1. The number of guanidine groups is 1. The Morgan fingerprint density at radius 3 is 3.06 bits per heavy atom. The summed E-state index contributed by atoms with van der Waals surface area (Å²) in [5.74, 6) is 0.573. The van der Waals surface area contributed by atoms with Crippen molar-refractivity contribution < 1.29 is 4.39 Å². The van der Waals surface area contributed by atoms with Gasteiger partial charge in [-0.1, -0.05) is 22.0 Å². The van der Waals surface area contributed by atoms with Gasteiger partial charge in [0.05, 0.1) is 6.54 Å². The quantitative estimate of drug-likeness (QED) is 0.872. The summed E-state index contributed by atoms with van der Waals surface area (Å²) in [6.45, 7) is 3.50. The van der Waals surface area contributed by atoms with Gasteiger partial charge in [0.15, 0.2) is 5.96 Å². The van der Waals surface area contributed by atoms with Gasteiger partial charge in [-0.15, -0.1) is 0 Å². The lowest BCUT2D eigenvalue weighted by Gasteiger charge is -2.09. The van der Waals surface area contributed by atoms with Crippen molar-refractivity contribution in [3.8, 4) is 0 Å². The molecule has 1 aliphatic heterocycles. The first-order valence-corrected chi connectivity index (χ1v) is 5.93. The predicted molar refractivity (Wildman–Crippen MR) is 65.8 cm³/mol. The number of nitrogens with one attached hydrogen (secondary N) is 2. The van der Waals surface area contributed by atoms with Crippen LogP contribution < -0.4 is 10.6 Å². The van der Waals surface area contributed by atoms with Gasteiger partial charge in [0.25, 0.3) is 0 Å². The summed E-state index contributed by atoms with van der Waals surface area (Å²) in [4.78, 5) is 4.28. The predicted octanol–water partition coefficient (Wildman–Crippen LogP) is 2.03. The second-order valence-electron chi connectivity index (χ2n) is 3.82. The van der Waals surface area contributed by atoms with Crippen LogP contribution in [0.25, 0.3) is 0 Å². The summed E-state index contributed by atoms with van der Waals surface area (Å²) >= 11 is 3.33. The van der Waals surface area contributed by atoms with Crippen LogP contribution in [0, 0.1) is 5.82 Å². The first-order valence-electron chi connectivity index (χ1n) is 5.14. The normalized spacial score (nSPS) is 19.2. The van der Waals surface area contributed by atoms with Gasteiger partial charge in [0, 0.05) is 17.1 Å². The molecule has 0 saturated heterocycles. The maximum atomic E-state index is 12.9. The Morgan fingerprint density at radius 1 is 1.62 bits per heavy atom. The fourth-order valence-corrected chi connectivity index (χ4v) is 1.99. The largest absolute Gasteiger partial charge is 0.352 e. The molecular formula is C11H13BrFN3.